The van der Waals surface area contributed by atoms with Crippen molar-refractivity contribution >= 4 is 115 Å². The zero-order chi connectivity index (χ0) is 74.6. The molecule has 5 aromatic carbocycles. The average molecular weight is 1510 g/mol. The normalized spacial score (nSPS) is 17.6. The maximum absolute atomic E-state index is 12.9. The highest BCUT2D eigenvalue weighted by Gasteiger charge is 2.35. The van der Waals surface area contributed by atoms with Crippen LogP contribution in [-0.2, 0) is 46.8 Å². The summed E-state index contributed by atoms with van der Waals surface area (Å²) in [5, 5.41) is 15.2. The number of nitriles is 1. The van der Waals surface area contributed by atoms with Crippen molar-refractivity contribution in [3.63, 3.8) is 0 Å². The van der Waals surface area contributed by atoms with Gasteiger partial charge in [0.15, 0.2) is 0 Å². The molecule has 5 N–H and O–H groups in total. The van der Waals surface area contributed by atoms with E-state index in [9.17, 15) is 57.6 Å². The summed E-state index contributed by atoms with van der Waals surface area (Å²) in [7, 11) is -6.27. The van der Waals surface area contributed by atoms with Crippen LogP contribution in [0.4, 0.5) is 26.3 Å². The maximum atomic E-state index is 12.9. The summed E-state index contributed by atoms with van der Waals surface area (Å²) in [5.74, 6) is 2.05. The number of rotatable bonds is 7. The number of nitrogens with zero attached hydrogens (tertiary/aromatic N) is 6. The highest BCUT2D eigenvalue weighted by Crippen LogP contribution is 2.42. The van der Waals surface area contributed by atoms with E-state index in [0.29, 0.717) is 91.7 Å². The van der Waals surface area contributed by atoms with Gasteiger partial charge in [-0.2, -0.15) is 31.6 Å². The zero-order valence-corrected chi connectivity index (χ0v) is 61.6. The number of amides is 3. The number of aromatic nitrogens is 5. The molecule has 104 heavy (non-hydrogen) atoms. The summed E-state index contributed by atoms with van der Waals surface area (Å²) >= 11 is 12.2. The molecule has 0 spiro atoms. The quantitative estimate of drug-likeness (QED) is 0.0960. The Morgan fingerprint density at radius 1 is 0.394 bits per heavy atom. The number of aromatic amines is 5. The van der Waals surface area contributed by atoms with Crippen molar-refractivity contribution < 1.29 is 57.6 Å². The van der Waals surface area contributed by atoms with E-state index in [1.165, 1.54) is 68.5 Å². The molecule has 5 fully saturated rings. The molecule has 5 aliphatic heterocycles. The maximum Gasteiger partial charge on any atom is 0.416 e. The monoisotopic (exact) mass is 1510 g/mol. The number of alkyl halides is 6. The smallest absolute Gasteiger partial charge is 0.361 e. The van der Waals surface area contributed by atoms with Crippen LogP contribution in [0, 0.1) is 11.3 Å². The predicted molar refractivity (Wildman–Crippen MR) is 396 cm³/mol. The Hall–Kier alpha value is -8.32. The first-order valence-electron chi connectivity index (χ1n) is 34.9. The van der Waals surface area contributed by atoms with Gasteiger partial charge in [-0.15, -0.1) is 0 Å². The van der Waals surface area contributed by atoms with Gasteiger partial charge in [-0.25, -0.2) is 25.4 Å². The summed E-state index contributed by atoms with van der Waals surface area (Å²) in [6, 6.07) is 27.2. The Balaban J connectivity index is 0.000000130. The molecule has 5 saturated heterocycles. The topological polar surface area (TPSA) is 238 Å². The molecule has 5 aromatic heterocycles. The number of hydrogen-bond acceptors (Lipinski definition) is 8. The summed E-state index contributed by atoms with van der Waals surface area (Å²) in [4.78, 5) is 55.6. The van der Waals surface area contributed by atoms with Crippen LogP contribution < -0.4 is 0 Å². The molecule has 15 rings (SSSR count). The van der Waals surface area contributed by atoms with Gasteiger partial charge >= 0.3 is 12.4 Å². The SMILES string of the molecule is CC(=O)N1CCC(c2c[nH]c3cc(C#N)ccc23)CC1.CC(=O)N1CCC(c2c[nH]c3ccc(C(F)(F)F)cc23)CC1.CC(=O)N1CCC(c2c[nH]c3ccc(Cl)cc23)CC1.CS(=O)(=O)N1CCC(c2c[nH]c3ccc(C(F)(F)F)cc23)CC1.CS(=O)(=O)N1CCC(c2c[nH]c3ccc(Cl)cc23)CC1. The van der Waals surface area contributed by atoms with Crippen LogP contribution in [0.25, 0.3) is 54.5 Å². The molecular weight excluding hydrogens is 1430 g/mol. The molecule has 0 atom stereocenters. The van der Waals surface area contributed by atoms with Crippen molar-refractivity contribution in [2.24, 2.45) is 0 Å². The van der Waals surface area contributed by atoms with E-state index in [-0.39, 0.29) is 29.6 Å². The third kappa shape index (κ3) is 18.3. The van der Waals surface area contributed by atoms with Gasteiger partial charge < -0.3 is 39.6 Å². The predicted octanol–water partition coefficient (Wildman–Crippen LogP) is 16.5. The molecule has 0 radical (unpaired) electrons. The number of nitrogens with one attached hydrogen (secondary N) is 5. The molecule has 0 saturated carbocycles. The molecule has 0 unspecified atom stereocenters. The van der Waals surface area contributed by atoms with Crippen molar-refractivity contribution in [1.82, 2.24) is 48.2 Å². The van der Waals surface area contributed by atoms with E-state index in [1.807, 2.05) is 70.6 Å². The van der Waals surface area contributed by atoms with Crippen LogP contribution in [0.5, 0.6) is 0 Å². The third-order valence-electron chi connectivity index (χ3n) is 21.1. The lowest BCUT2D eigenvalue weighted by Crippen LogP contribution is -2.37. The lowest BCUT2D eigenvalue weighted by atomic mass is 9.89. The number of benzene rings is 5. The van der Waals surface area contributed by atoms with Gasteiger partial charge in [0, 0.05) is 182 Å². The second-order valence-electron chi connectivity index (χ2n) is 27.7. The number of fused-ring (bicyclic) bond motifs is 5. The van der Waals surface area contributed by atoms with Crippen molar-refractivity contribution in [2.75, 3.05) is 78.0 Å². The molecule has 3 amide bonds. The number of hydrogen-bond donors (Lipinski definition) is 5. The Bertz CT molecular complexity index is 5000. The summed E-state index contributed by atoms with van der Waals surface area (Å²) in [6.45, 7) is 11.5. The minimum atomic E-state index is -4.37. The van der Waals surface area contributed by atoms with E-state index < -0.39 is 43.5 Å². The van der Waals surface area contributed by atoms with E-state index in [2.05, 4.69) is 43.4 Å². The number of piperidine rings is 5. The Kier molecular flexibility index (Phi) is 23.8. The van der Waals surface area contributed by atoms with Crippen LogP contribution in [0.3, 0.4) is 0 Å². The minimum Gasteiger partial charge on any atom is -0.361 e. The van der Waals surface area contributed by atoms with Gasteiger partial charge in [-0.1, -0.05) is 29.3 Å². The number of halogens is 8. The standard InChI is InChI=1S/C16H17F3N2O.C16H17N3O.C15H17ClN2O.C15H17F3N2O2S.C14H17ClN2O2S/c1-10(22)21-6-4-11(5-7-21)14-9-20-15-3-2-12(8-13(14)15)16(17,18)19;1-11(20)19-6-4-13(5-7-19)15-10-18-16-8-12(9-17)2-3-14(15)16;1-10(19)18-6-4-11(5-7-18)14-9-17-15-3-2-12(16)8-13(14)15;1-23(21,22)20-6-4-10(5-7-20)13-9-19-14-3-2-11(8-12(13)14)15(16,17)18;1-20(18,19)17-6-4-10(5-7-17)13-9-16-14-3-2-11(15)8-12(13)14/h2-3,8-9,11,20H,4-7H2,1H3;2-3,8,10,13,18H,4-7H2,1H3;2-3,8-9,11,17H,4-7H2,1H3;2-3,8-10,19H,4-7H2,1H3;2-3,8-10,16H,4-7H2,1H3. The molecule has 0 bridgehead atoms. The molecule has 10 aromatic rings. The van der Waals surface area contributed by atoms with E-state index in [0.717, 1.165) is 138 Å². The number of H-pyrrole nitrogens is 5. The molecule has 554 valence electrons. The molecule has 0 aliphatic carbocycles. The second kappa shape index (κ2) is 32.2. The summed E-state index contributed by atoms with van der Waals surface area (Å²) < 4.78 is 126. The minimum absolute atomic E-state index is 0.0525. The first-order valence-corrected chi connectivity index (χ1v) is 39.3. The van der Waals surface area contributed by atoms with E-state index in [4.69, 9.17) is 28.5 Å². The summed E-state index contributed by atoms with van der Waals surface area (Å²) in [5.41, 5.74) is 9.65. The number of likely N-dealkylation sites (tertiary alicyclic amines) is 3. The Labute approximate surface area is 610 Å². The largest absolute Gasteiger partial charge is 0.416 e. The van der Waals surface area contributed by atoms with Gasteiger partial charge in [0.1, 0.15) is 0 Å². The first kappa shape index (κ1) is 76.8. The molecule has 5 aliphatic rings. The molecular formula is C76H85Cl2F6N11O7S2. The summed E-state index contributed by atoms with van der Waals surface area (Å²) in [6.07, 6.45) is 12.0. The number of sulfonamides is 2. The van der Waals surface area contributed by atoms with Gasteiger partial charge in [0.2, 0.25) is 37.8 Å². The molecule has 18 nitrogen and oxygen atoms in total. The zero-order valence-electron chi connectivity index (χ0n) is 58.5. The Morgan fingerprint density at radius 3 is 0.942 bits per heavy atom. The lowest BCUT2D eigenvalue weighted by Gasteiger charge is -2.31. The molecule has 28 heteroatoms. The van der Waals surface area contributed by atoms with Crippen molar-refractivity contribution in [1.29, 1.82) is 5.26 Å². The molecule has 10 heterocycles. The van der Waals surface area contributed by atoms with Crippen LogP contribution in [-0.4, -0.2) is 161 Å². The number of carbonyl (C=O) groups excluding carboxylic acids is 3. The van der Waals surface area contributed by atoms with E-state index in [1.54, 1.807) is 42.4 Å². The fraction of sp³-hybridized carbons (Fsp3) is 0.421. The fourth-order valence-corrected chi connectivity index (χ4v) is 17.4. The van der Waals surface area contributed by atoms with E-state index >= 15 is 0 Å². The van der Waals surface area contributed by atoms with Crippen LogP contribution in [0.2, 0.25) is 10.0 Å². The average Bonchev–Trinajstić information content (AvgIpc) is 1.56. The van der Waals surface area contributed by atoms with Gasteiger partial charge in [-0.3, -0.25) is 14.4 Å². The van der Waals surface area contributed by atoms with Crippen LogP contribution in [0.15, 0.2) is 122 Å². The van der Waals surface area contributed by atoms with Gasteiger partial charge in [0.25, 0.3) is 0 Å². The fourth-order valence-electron chi connectivity index (χ4n) is 15.3. The third-order valence-corrected chi connectivity index (χ3v) is 24.2. The van der Waals surface area contributed by atoms with Crippen molar-refractivity contribution in [3.05, 3.63) is 177 Å². The van der Waals surface area contributed by atoms with Gasteiger partial charge in [-0.05, 0) is 207 Å². The lowest BCUT2D eigenvalue weighted by molar-refractivity contribution is -0.138. The highest BCUT2D eigenvalue weighted by atomic mass is 35.5. The van der Waals surface area contributed by atoms with Crippen LogP contribution >= 0.6 is 23.2 Å². The van der Waals surface area contributed by atoms with Crippen LogP contribution in [0.1, 0.15) is 159 Å². The number of carbonyl (C=O) groups is 3. The van der Waals surface area contributed by atoms with Crippen molar-refractivity contribution in [3.8, 4) is 6.07 Å². The Morgan fingerprint density at radius 2 is 0.663 bits per heavy atom. The first-order chi connectivity index (χ1) is 49.3. The van der Waals surface area contributed by atoms with Crippen molar-refractivity contribution in [2.45, 2.75) is 127 Å². The second-order valence-corrected chi connectivity index (χ2v) is 32.5. The van der Waals surface area contributed by atoms with Gasteiger partial charge in [0.05, 0.1) is 35.3 Å². The highest BCUT2D eigenvalue weighted by molar-refractivity contribution is 7.88.